The Morgan fingerprint density at radius 3 is 2.83 bits per heavy atom. The van der Waals surface area contributed by atoms with E-state index in [0.29, 0.717) is 35.0 Å². The molecule has 6 rings (SSSR count). The van der Waals surface area contributed by atoms with Crippen molar-refractivity contribution in [3.63, 3.8) is 0 Å². The molecule has 2 fully saturated rings. The number of likely N-dealkylation sites (tertiary alicyclic amines) is 1. The van der Waals surface area contributed by atoms with E-state index in [4.69, 9.17) is 18.9 Å². The summed E-state index contributed by atoms with van der Waals surface area (Å²) >= 11 is 0. The fourth-order valence-electron chi connectivity index (χ4n) is 5.12. The lowest BCUT2D eigenvalue weighted by molar-refractivity contribution is -0.105. The summed E-state index contributed by atoms with van der Waals surface area (Å²) in [5.41, 5.74) is 3.13. The maximum atomic E-state index is 6.21. The summed E-state index contributed by atoms with van der Waals surface area (Å²) in [5.74, 6) is 2.72. The monoisotopic (exact) mass is 474 g/mol. The number of nitrogens with one attached hydrogen (secondary N) is 1. The Balaban J connectivity index is 1.15. The number of methoxy groups -OCH3 is 1. The number of pyridine rings is 2. The standard InChI is InChI=1S/C27H30N4O4/c1-18-10-19-11-20(14-29-26(19)30-18)35-23-4-6-28-22-13-25(24(32-2)12-21(22)23)34-9-3-7-31-8-5-27(15-31)16-33-17-27/h4,6,10-14H,3,5,7-9,15-17H2,1-2H3,(H,29,30). The van der Waals surface area contributed by atoms with Gasteiger partial charge < -0.3 is 28.8 Å². The van der Waals surface area contributed by atoms with Crippen LogP contribution in [0.3, 0.4) is 0 Å². The third-order valence-corrected chi connectivity index (χ3v) is 7.00. The molecule has 1 spiro atoms. The third-order valence-electron chi connectivity index (χ3n) is 7.00. The molecule has 8 heteroatoms. The number of aryl methyl sites for hydroxylation is 1. The molecular weight excluding hydrogens is 444 g/mol. The van der Waals surface area contributed by atoms with Crippen molar-refractivity contribution in [1.82, 2.24) is 19.9 Å². The Bertz CT molecular complexity index is 1360. The molecule has 1 N–H and O–H groups in total. The van der Waals surface area contributed by atoms with E-state index in [9.17, 15) is 0 Å². The Kier molecular flexibility index (Phi) is 5.70. The number of ether oxygens (including phenoxy) is 4. The first kappa shape index (κ1) is 22.1. The van der Waals surface area contributed by atoms with E-state index in [1.807, 2.05) is 31.2 Å². The lowest BCUT2D eigenvalue weighted by atomic mass is 9.85. The molecule has 0 saturated carbocycles. The number of hydrogen-bond donors (Lipinski definition) is 1. The molecule has 8 nitrogen and oxygen atoms in total. The van der Waals surface area contributed by atoms with Crippen LogP contribution >= 0.6 is 0 Å². The largest absolute Gasteiger partial charge is 0.493 e. The van der Waals surface area contributed by atoms with E-state index < -0.39 is 0 Å². The van der Waals surface area contributed by atoms with Crippen LogP contribution in [-0.2, 0) is 4.74 Å². The van der Waals surface area contributed by atoms with Gasteiger partial charge in [-0.15, -0.1) is 0 Å². The maximum absolute atomic E-state index is 6.21. The highest BCUT2D eigenvalue weighted by molar-refractivity contribution is 5.88. The molecule has 0 bridgehead atoms. The molecule has 182 valence electrons. The quantitative estimate of drug-likeness (QED) is 0.370. The van der Waals surface area contributed by atoms with E-state index in [0.717, 1.165) is 66.9 Å². The second-order valence-corrected chi connectivity index (χ2v) is 9.71. The molecule has 4 aromatic rings. The van der Waals surface area contributed by atoms with Gasteiger partial charge in [0.25, 0.3) is 0 Å². The number of aromatic nitrogens is 3. The number of rotatable bonds is 8. The Hall–Kier alpha value is -3.36. The van der Waals surface area contributed by atoms with Crippen molar-refractivity contribution in [3.8, 4) is 23.0 Å². The molecule has 0 radical (unpaired) electrons. The van der Waals surface area contributed by atoms with E-state index in [1.54, 1.807) is 19.5 Å². The molecule has 1 aromatic carbocycles. The van der Waals surface area contributed by atoms with Crippen LogP contribution in [0.2, 0.25) is 0 Å². The van der Waals surface area contributed by atoms with Crippen LogP contribution in [0.5, 0.6) is 23.0 Å². The Morgan fingerprint density at radius 2 is 2.03 bits per heavy atom. The summed E-state index contributed by atoms with van der Waals surface area (Å²) in [6.07, 6.45) is 5.67. The van der Waals surface area contributed by atoms with Gasteiger partial charge in [0.1, 0.15) is 17.1 Å². The van der Waals surface area contributed by atoms with Crippen molar-refractivity contribution in [3.05, 3.63) is 48.4 Å². The number of hydrogen-bond acceptors (Lipinski definition) is 7. The van der Waals surface area contributed by atoms with Crippen LogP contribution in [0.4, 0.5) is 0 Å². The average molecular weight is 475 g/mol. The molecule has 0 amide bonds. The summed E-state index contributed by atoms with van der Waals surface area (Å²) in [5, 5.41) is 1.86. The zero-order chi connectivity index (χ0) is 23.8. The smallest absolute Gasteiger partial charge is 0.163 e. The van der Waals surface area contributed by atoms with E-state index in [2.05, 4.69) is 25.9 Å². The number of benzene rings is 1. The van der Waals surface area contributed by atoms with Crippen LogP contribution in [-0.4, -0.2) is 66.4 Å². The lowest BCUT2D eigenvalue weighted by Gasteiger charge is -2.37. The van der Waals surface area contributed by atoms with Gasteiger partial charge in [-0.2, -0.15) is 0 Å². The van der Waals surface area contributed by atoms with Gasteiger partial charge >= 0.3 is 0 Å². The van der Waals surface area contributed by atoms with Crippen molar-refractivity contribution in [1.29, 1.82) is 0 Å². The van der Waals surface area contributed by atoms with Crippen molar-refractivity contribution in [2.24, 2.45) is 5.41 Å². The van der Waals surface area contributed by atoms with E-state index in [1.165, 1.54) is 6.42 Å². The molecule has 0 unspecified atom stereocenters. The SMILES string of the molecule is COc1cc2c(Oc3cnc4[nH]c(C)cc4c3)ccnc2cc1OCCCN1CCC2(COC2)C1. The third kappa shape index (κ3) is 4.39. The molecule has 3 aromatic heterocycles. The summed E-state index contributed by atoms with van der Waals surface area (Å²) in [7, 11) is 1.65. The molecule has 2 aliphatic heterocycles. The van der Waals surface area contributed by atoms with Gasteiger partial charge in [-0.1, -0.05) is 0 Å². The van der Waals surface area contributed by atoms with Crippen LogP contribution in [0.15, 0.2) is 42.7 Å². The minimum atomic E-state index is 0.427. The second-order valence-electron chi connectivity index (χ2n) is 9.71. The molecule has 5 heterocycles. The highest BCUT2D eigenvalue weighted by Crippen LogP contribution is 2.38. The van der Waals surface area contributed by atoms with Crippen LogP contribution < -0.4 is 14.2 Å². The predicted octanol–water partition coefficient (Wildman–Crippen LogP) is 4.71. The predicted molar refractivity (Wildman–Crippen MR) is 134 cm³/mol. The fraction of sp³-hybridized carbons (Fsp3) is 0.407. The van der Waals surface area contributed by atoms with Crippen LogP contribution in [0.25, 0.3) is 21.9 Å². The van der Waals surface area contributed by atoms with Gasteiger partial charge in [0.05, 0.1) is 38.6 Å². The fourth-order valence-corrected chi connectivity index (χ4v) is 5.12. The van der Waals surface area contributed by atoms with Crippen molar-refractivity contribution >= 4 is 21.9 Å². The van der Waals surface area contributed by atoms with Crippen molar-refractivity contribution in [2.75, 3.05) is 46.6 Å². The molecule has 2 saturated heterocycles. The number of aromatic amines is 1. The number of H-pyrrole nitrogens is 1. The first-order valence-electron chi connectivity index (χ1n) is 12.1. The summed E-state index contributed by atoms with van der Waals surface area (Å²) in [6.45, 7) is 7.81. The van der Waals surface area contributed by atoms with E-state index >= 15 is 0 Å². The van der Waals surface area contributed by atoms with Gasteiger partial charge in [-0.3, -0.25) is 4.98 Å². The first-order chi connectivity index (χ1) is 17.1. The van der Waals surface area contributed by atoms with Crippen molar-refractivity contribution < 1.29 is 18.9 Å². The highest BCUT2D eigenvalue weighted by atomic mass is 16.5. The molecule has 35 heavy (non-hydrogen) atoms. The summed E-state index contributed by atoms with van der Waals surface area (Å²) in [6, 6.07) is 9.74. The van der Waals surface area contributed by atoms with Gasteiger partial charge in [0.2, 0.25) is 0 Å². The zero-order valence-electron chi connectivity index (χ0n) is 20.2. The first-order valence-corrected chi connectivity index (χ1v) is 12.1. The minimum absolute atomic E-state index is 0.427. The lowest BCUT2D eigenvalue weighted by Crippen LogP contribution is -2.44. The topological polar surface area (TPSA) is 81.7 Å². The van der Waals surface area contributed by atoms with Crippen molar-refractivity contribution in [2.45, 2.75) is 19.8 Å². The van der Waals surface area contributed by atoms with Gasteiger partial charge in [-0.05, 0) is 50.6 Å². The Morgan fingerprint density at radius 1 is 1.11 bits per heavy atom. The Labute approximate surface area is 204 Å². The van der Waals surface area contributed by atoms with Crippen LogP contribution in [0.1, 0.15) is 18.5 Å². The normalized spacial score (nSPS) is 17.2. The number of fused-ring (bicyclic) bond motifs is 2. The number of nitrogens with zero attached hydrogens (tertiary/aromatic N) is 3. The van der Waals surface area contributed by atoms with Gasteiger partial charge in [0.15, 0.2) is 11.5 Å². The zero-order valence-corrected chi connectivity index (χ0v) is 20.2. The molecule has 0 atom stereocenters. The molecule has 2 aliphatic rings. The average Bonchev–Trinajstić information content (AvgIpc) is 3.44. The minimum Gasteiger partial charge on any atom is -0.493 e. The van der Waals surface area contributed by atoms with Crippen LogP contribution in [0, 0.1) is 12.3 Å². The highest BCUT2D eigenvalue weighted by Gasteiger charge is 2.43. The van der Waals surface area contributed by atoms with Gasteiger partial charge in [0, 0.05) is 47.2 Å². The van der Waals surface area contributed by atoms with E-state index in [-0.39, 0.29) is 0 Å². The summed E-state index contributed by atoms with van der Waals surface area (Å²) in [4.78, 5) is 14.8. The summed E-state index contributed by atoms with van der Waals surface area (Å²) < 4.78 is 23.4. The van der Waals surface area contributed by atoms with Gasteiger partial charge in [-0.25, -0.2) is 4.98 Å². The molecular formula is C27H30N4O4. The second kappa shape index (κ2) is 9.02. The maximum Gasteiger partial charge on any atom is 0.163 e. The molecule has 0 aliphatic carbocycles.